The van der Waals surface area contributed by atoms with Gasteiger partial charge in [0.2, 0.25) is 0 Å². The molecule has 2 aromatic rings. The molecule has 0 atom stereocenters. The summed E-state index contributed by atoms with van der Waals surface area (Å²) < 4.78 is 0. The highest BCUT2D eigenvalue weighted by Crippen LogP contribution is 2.24. The molecule has 0 bridgehead atoms. The Morgan fingerprint density at radius 2 is 1.67 bits per heavy atom. The number of para-hydroxylation sites is 1. The van der Waals surface area contributed by atoms with Crippen LogP contribution in [-0.4, -0.2) is 16.1 Å². The molecule has 3 N–H and O–H groups in total. The van der Waals surface area contributed by atoms with Gasteiger partial charge in [-0.15, -0.1) is 0 Å². The number of phenolic OH excluding ortho intramolecular Hbond substituents is 2. The number of phenols is 2. The monoisotopic (exact) mass is 263 g/mol. The molecule has 0 aliphatic heterocycles. The van der Waals surface area contributed by atoms with Crippen molar-refractivity contribution in [3.63, 3.8) is 0 Å². The summed E-state index contributed by atoms with van der Waals surface area (Å²) >= 11 is 5.90. The van der Waals surface area contributed by atoms with E-state index in [9.17, 15) is 15.0 Å². The highest BCUT2D eigenvalue weighted by atomic mass is 35.5. The first-order valence-electron chi connectivity index (χ1n) is 5.15. The smallest absolute Gasteiger partial charge is 0.255 e. The first-order valence-corrected chi connectivity index (χ1v) is 5.53. The van der Waals surface area contributed by atoms with Crippen molar-refractivity contribution in [1.29, 1.82) is 0 Å². The molecule has 0 spiro atoms. The fourth-order valence-corrected chi connectivity index (χ4v) is 1.67. The number of hydrogen-bond acceptors (Lipinski definition) is 3. The largest absolute Gasteiger partial charge is 0.508 e. The van der Waals surface area contributed by atoms with E-state index in [-0.39, 0.29) is 17.1 Å². The van der Waals surface area contributed by atoms with Crippen LogP contribution in [0.25, 0.3) is 0 Å². The van der Waals surface area contributed by atoms with E-state index >= 15 is 0 Å². The number of carbonyl (C=O) groups excluding carboxylic acids is 1. The number of halogens is 1. The summed E-state index contributed by atoms with van der Waals surface area (Å²) in [6.45, 7) is 0. The van der Waals surface area contributed by atoms with E-state index in [1.807, 2.05) is 0 Å². The number of benzene rings is 2. The molecule has 2 rings (SSSR count). The van der Waals surface area contributed by atoms with Gasteiger partial charge >= 0.3 is 0 Å². The van der Waals surface area contributed by atoms with Gasteiger partial charge < -0.3 is 15.5 Å². The molecule has 0 unspecified atom stereocenters. The van der Waals surface area contributed by atoms with Crippen molar-refractivity contribution < 1.29 is 15.0 Å². The summed E-state index contributed by atoms with van der Waals surface area (Å²) in [7, 11) is 0. The van der Waals surface area contributed by atoms with Crippen molar-refractivity contribution in [1.82, 2.24) is 0 Å². The molecule has 0 saturated heterocycles. The van der Waals surface area contributed by atoms with Crippen LogP contribution in [0.1, 0.15) is 10.4 Å². The lowest BCUT2D eigenvalue weighted by Crippen LogP contribution is -2.11. The number of carbonyl (C=O) groups is 1. The Labute approximate surface area is 108 Å². The van der Waals surface area contributed by atoms with Gasteiger partial charge in [-0.3, -0.25) is 4.79 Å². The maximum absolute atomic E-state index is 11.9. The van der Waals surface area contributed by atoms with Gasteiger partial charge in [0, 0.05) is 11.6 Å². The van der Waals surface area contributed by atoms with Gasteiger partial charge in [0.05, 0.1) is 10.7 Å². The minimum Gasteiger partial charge on any atom is -0.508 e. The first-order chi connectivity index (χ1) is 8.56. The molecule has 0 fully saturated rings. The van der Waals surface area contributed by atoms with E-state index in [4.69, 9.17) is 11.6 Å². The fourth-order valence-electron chi connectivity index (χ4n) is 1.48. The molecule has 0 heterocycles. The Bertz CT molecular complexity index is 578. The second kappa shape index (κ2) is 4.98. The number of rotatable bonds is 2. The van der Waals surface area contributed by atoms with Crippen LogP contribution < -0.4 is 5.32 Å². The second-order valence-corrected chi connectivity index (χ2v) is 4.08. The lowest BCUT2D eigenvalue weighted by atomic mass is 10.2. The highest BCUT2D eigenvalue weighted by Gasteiger charge is 2.10. The minimum absolute atomic E-state index is 0.146. The van der Waals surface area contributed by atoms with Gasteiger partial charge in [-0.25, -0.2) is 0 Å². The summed E-state index contributed by atoms with van der Waals surface area (Å²) in [6.07, 6.45) is 0. The molecule has 0 saturated carbocycles. The molecule has 0 aromatic heterocycles. The molecule has 0 aliphatic carbocycles. The highest BCUT2D eigenvalue weighted by molar-refractivity contribution is 6.33. The number of hydrogen-bond donors (Lipinski definition) is 3. The average molecular weight is 264 g/mol. The van der Waals surface area contributed by atoms with E-state index in [1.165, 1.54) is 12.1 Å². The maximum Gasteiger partial charge on any atom is 0.255 e. The summed E-state index contributed by atoms with van der Waals surface area (Å²) in [6, 6.07) is 10.4. The molecule has 0 aliphatic rings. The maximum atomic E-state index is 11.9. The Hall–Kier alpha value is -2.20. The predicted molar refractivity (Wildman–Crippen MR) is 69.2 cm³/mol. The average Bonchev–Trinajstić information content (AvgIpc) is 2.31. The van der Waals surface area contributed by atoms with Crippen molar-refractivity contribution >= 4 is 23.2 Å². The van der Waals surface area contributed by atoms with Gasteiger partial charge in [-0.1, -0.05) is 23.7 Å². The molecule has 1 amide bonds. The quantitative estimate of drug-likeness (QED) is 0.780. The molecule has 92 valence electrons. The van der Waals surface area contributed by atoms with E-state index < -0.39 is 5.91 Å². The van der Waals surface area contributed by atoms with Crippen LogP contribution in [0, 0.1) is 0 Å². The molecular weight excluding hydrogens is 254 g/mol. The lowest BCUT2D eigenvalue weighted by molar-refractivity contribution is 0.102. The fraction of sp³-hybridized carbons (Fsp3) is 0. The van der Waals surface area contributed by atoms with Crippen LogP contribution in [0.2, 0.25) is 5.02 Å². The molecule has 5 heteroatoms. The van der Waals surface area contributed by atoms with Crippen molar-refractivity contribution in [3.8, 4) is 11.5 Å². The van der Waals surface area contributed by atoms with Gasteiger partial charge in [-0.05, 0) is 24.3 Å². The summed E-state index contributed by atoms with van der Waals surface area (Å²) in [4.78, 5) is 11.9. The zero-order valence-corrected chi connectivity index (χ0v) is 9.98. The van der Waals surface area contributed by atoms with E-state index in [2.05, 4.69) is 5.32 Å². The van der Waals surface area contributed by atoms with Crippen LogP contribution in [0.4, 0.5) is 5.69 Å². The van der Waals surface area contributed by atoms with Crippen molar-refractivity contribution in [2.75, 3.05) is 5.32 Å². The van der Waals surface area contributed by atoms with Gasteiger partial charge in [0.15, 0.2) is 0 Å². The Kier molecular flexibility index (Phi) is 3.39. The van der Waals surface area contributed by atoms with Crippen LogP contribution in [0.15, 0.2) is 42.5 Å². The lowest BCUT2D eigenvalue weighted by Gasteiger charge is -2.07. The summed E-state index contributed by atoms with van der Waals surface area (Å²) in [5, 5.41) is 21.6. The molecule has 18 heavy (non-hydrogen) atoms. The van der Waals surface area contributed by atoms with Crippen LogP contribution in [0.5, 0.6) is 11.5 Å². The van der Waals surface area contributed by atoms with Gasteiger partial charge in [0.25, 0.3) is 5.91 Å². The molecule has 2 aromatic carbocycles. The SMILES string of the molecule is O=C(Nc1ccccc1Cl)c1cc(O)cc(O)c1. The Morgan fingerprint density at radius 1 is 1.06 bits per heavy atom. The summed E-state index contributed by atoms with van der Waals surface area (Å²) in [5.41, 5.74) is 0.611. The van der Waals surface area contributed by atoms with E-state index in [0.717, 1.165) is 6.07 Å². The van der Waals surface area contributed by atoms with Crippen LogP contribution >= 0.6 is 11.6 Å². The number of aromatic hydroxyl groups is 2. The Morgan fingerprint density at radius 3 is 2.28 bits per heavy atom. The van der Waals surface area contributed by atoms with E-state index in [0.29, 0.717) is 10.7 Å². The van der Waals surface area contributed by atoms with Crippen LogP contribution in [-0.2, 0) is 0 Å². The number of nitrogens with one attached hydrogen (secondary N) is 1. The second-order valence-electron chi connectivity index (χ2n) is 3.67. The predicted octanol–water partition coefficient (Wildman–Crippen LogP) is 3.00. The minimum atomic E-state index is -0.464. The Balaban J connectivity index is 2.25. The topological polar surface area (TPSA) is 69.6 Å². The van der Waals surface area contributed by atoms with E-state index in [1.54, 1.807) is 24.3 Å². The van der Waals surface area contributed by atoms with Gasteiger partial charge in [0.1, 0.15) is 11.5 Å². The van der Waals surface area contributed by atoms with Crippen molar-refractivity contribution in [2.45, 2.75) is 0 Å². The third kappa shape index (κ3) is 2.73. The summed E-state index contributed by atoms with van der Waals surface area (Å²) in [5.74, 6) is -0.826. The third-order valence-corrected chi connectivity index (χ3v) is 2.62. The molecule has 4 nitrogen and oxygen atoms in total. The number of amides is 1. The van der Waals surface area contributed by atoms with Crippen LogP contribution in [0.3, 0.4) is 0 Å². The standard InChI is InChI=1S/C13H10ClNO3/c14-11-3-1-2-4-12(11)15-13(18)8-5-9(16)7-10(17)6-8/h1-7,16-17H,(H,15,18). The van der Waals surface area contributed by atoms with Gasteiger partial charge in [-0.2, -0.15) is 0 Å². The molecular formula is C13H10ClNO3. The first kappa shape index (κ1) is 12.3. The normalized spacial score (nSPS) is 10.1. The van der Waals surface area contributed by atoms with Crippen molar-refractivity contribution in [2.24, 2.45) is 0 Å². The zero-order chi connectivity index (χ0) is 13.1. The zero-order valence-electron chi connectivity index (χ0n) is 9.22. The van der Waals surface area contributed by atoms with Crippen molar-refractivity contribution in [3.05, 3.63) is 53.1 Å². The number of anilines is 1. The third-order valence-electron chi connectivity index (χ3n) is 2.29. The molecule has 0 radical (unpaired) electrons.